The van der Waals surface area contributed by atoms with Gasteiger partial charge in [0.05, 0.1) is 16.8 Å². The lowest BCUT2D eigenvalue weighted by Gasteiger charge is -2.04. The van der Waals surface area contributed by atoms with Crippen LogP contribution in [-0.2, 0) is 11.3 Å². The molecular weight excluding hydrogens is 308 g/mol. The number of fused-ring (bicyclic) bond motifs is 1. The van der Waals surface area contributed by atoms with Crippen LogP contribution in [0.4, 0.5) is 0 Å². The van der Waals surface area contributed by atoms with Crippen molar-refractivity contribution in [3.8, 4) is 5.75 Å². The molecule has 0 radical (unpaired) electrons. The van der Waals surface area contributed by atoms with Crippen molar-refractivity contribution < 1.29 is 9.53 Å². The molecule has 122 valence electrons. The van der Waals surface area contributed by atoms with Crippen LogP contribution in [0.2, 0.25) is 0 Å². The number of aromatic nitrogens is 1. The van der Waals surface area contributed by atoms with Crippen LogP contribution in [0.3, 0.4) is 0 Å². The summed E-state index contributed by atoms with van der Waals surface area (Å²) in [5.74, 6) is 0.981. The zero-order valence-corrected chi connectivity index (χ0v) is 14.3. The van der Waals surface area contributed by atoms with Gasteiger partial charge in [0.15, 0.2) is 4.80 Å². The molecule has 23 heavy (non-hydrogen) atoms. The van der Waals surface area contributed by atoms with E-state index in [1.165, 1.54) is 11.3 Å². The van der Waals surface area contributed by atoms with E-state index in [0.717, 1.165) is 46.5 Å². The minimum atomic E-state index is 0.0249. The average molecular weight is 330 g/mol. The van der Waals surface area contributed by atoms with Gasteiger partial charge in [0.2, 0.25) is 0 Å². The maximum atomic E-state index is 12.4. The van der Waals surface area contributed by atoms with Gasteiger partial charge in [-0.05, 0) is 38.0 Å². The molecule has 1 aliphatic rings. The van der Waals surface area contributed by atoms with Gasteiger partial charge in [0.25, 0.3) is 5.91 Å². The maximum Gasteiger partial charge on any atom is 0.251 e. The van der Waals surface area contributed by atoms with Crippen molar-refractivity contribution in [1.82, 2.24) is 4.57 Å². The van der Waals surface area contributed by atoms with Gasteiger partial charge in [0, 0.05) is 12.5 Å². The Morgan fingerprint density at radius 1 is 1.48 bits per heavy atom. The van der Waals surface area contributed by atoms with E-state index in [1.807, 2.05) is 31.2 Å². The van der Waals surface area contributed by atoms with Gasteiger partial charge in [-0.1, -0.05) is 30.3 Å². The van der Waals surface area contributed by atoms with E-state index in [-0.39, 0.29) is 11.8 Å². The first-order chi connectivity index (χ1) is 11.2. The third kappa shape index (κ3) is 3.39. The third-order valence-electron chi connectivity index (χ3n) is 4.19. The molecule has 5 heteroatoms. The van der Waals surface area contributed by atoms with Crippen LogP contribution in [0.25, 0.3) is 10.2 Å². The summed E-state index contributed by atoms with van der Waals surface area (Å²) in [4.78, 5) is 17.6. The molecule has 0 spiro atoms. The highest BCUT2D eigenvalue weighted by Crippen LogP contribution is 2.26. The monoisotopic (exact) mass is 330 g/mol. The number of carbonyl (C=O) groups is 1. The van der Waals surface area contributed by atoms with Gasteiger partial charge in [0.1, 0.15) is 5.75 Å². The van der Waals surface area contributed by atoms with Crippen LogP contribution in [0.15, 0.2) is 35.8 Å². The Bertz CT molecular complexity index is 782. The minimum absolute atomic E-state index is 0.0249. The van der Waals surface area contributed by atoms with Crippen molar-refractivity contribution in [2.24, 2.45) is 10.9 Å². The number of amides is 1. The Kier molecular flexibility index (Phi) is 4.96. The topological polar surface area (TPSA) is 43.6 Å². The Hall–Kier alpha value is -1.88. The Balaban J connectivity index is 2.05. The molecule has 0 unspecified atom stereocenters. The van der Waals surface area contributed by atoms with E-state index in [2.05, 4.69) is 16.1 Å². The number of benzene rings is 1. The summed E-state index contributed by atoms with van der Waals surface area (Å²) < 4.78 is 8.70. The molecule has 0 atom stereocenters. The molecule has 1 amide bonds. The molecule has 1 aromatic carbocycles. The first-order valence-electron chi connectivity index (χ1n) is 8.18. The quantitative estimate of drug-likeness (QED) is 0.780. The largest absolute Gasteiger partial charge is 0.494 e. The Morgan fingerprint density at radius 3 is 2.96 bits per heavy atom. The normalized spacial score (nSPS) is 16.1. The molecule has 0 saturated heterocycles. The second kappa shape index (κ2) is 7.13. The first-order valence-corrected chi connectivity index (χ1v) is 9.00. The van der Waals surface area contributed by atoms with Crippen molar-refractivity contribution in [3.63, 3.8) is 0 Å². The highest BCUT2D eigenvalue weighted by molar-refractivity contribution is 7.16. The van der Waals surface area contributed by atoms with Gasteiger partial charge in [-0.15, -0.1) is 6.58 Å². The Morgan fingerprint density at radius 2 is 2.26 bits per heavy atom. The molecular formula is C18H22N2O2S. The van der Waals surface area contributed by atoms with E-state index in [0.29, 0.717) is 13.2 Å². The second-order valence-corrected chi connectivity index (χ2v) is 6.79. The molecule has 3 rings (SSSR count). The maximum absolute atomic E-state index is 12.4. The summed E-state index contributed by atoms with van der Waals surface area (Å²) in [5, 5.41) is 0. The van der Waals surface area contributed by atoms with Gasteiger partial charge in [-0.3, -0.25) is 4.79 Å². The number of allylic oxidation sites excluding steroid dienone is 1. The lowest BCUT2D eigenvalue weighted by molar-refractivity contribution is -0.121. The standard InChI is InChI=1S/C18H22N2O2S/c1-3-11-20-15-10-9-14(22-4-2)12-16(15)23-18(20)19-17(21)13-7-5-6-8-13/h3,9-10,12-13H,1,4-8,11H2,2H3. The smallest absolute Gasteiger partial charge is 0.251 e. The third-order valence-corrected chi connectivity index (χ3v) is 5.23. The number of carbonyl (C=O) groups excluding carboxylic acids is 1. The predicted octanol–water partition coefficient (Wildman–Crippen LogP) is 3.91. The van der Waals surface area contributed by atoms with E-state index in [1.54, 1.807) is 0 Å². The zero-order valence-electron chi connectivity index (χ0n) is 13.5. The molecule has 1 fully saturated rings. The van der Waals surface area contributed by atoms with Crippen LogP contribution >= 0.6 is 11.3 Å². The van der Waals surface area contributed by atoms with E-state index < -0.39 is 0 Å². The van der Waals surface area contributed by atoms with Gasteiger partial charge in [-0.25, -0.2) is 0 Å². The molecule has 1 heterocycles. The number of ether oxygens (including phenoxy) is 1. The number of rotatable bonds is 5. The predicted molar refractivity (Wildman–Crippen MR) is 93.7 cm³/mol. The SMILES string of the molecule is C=CCn1c(=NC(=O)C2CCCC2)sc2cc(OCC)ccc21. The van der Waals surface area contributed by atoms with Crippen molar-refractivity contribution in [1.29, 1.82) is 0 Å². The van der Waals surface area contributed by atoms with E-state index >= 15 is 0 Å². The van der Waals surface area contributed by atoms with Crippen LogP contribution in [0.5, 0.6) is 5.75 Å². The molecule has 4 nitrogen and oxygen atoms in total. The molecule has 2 aromatic rings. The Labute approximate surface area is 140 Å². The fraction of sp³-hybridized carbons (Fsp3) is 0.444. The van der Waals surface area contributed by atoms with Gasteiger partial charge < -0.3 is 9.30 Å². The lowest BCUT2D eigenvalue weighted by atomic mass is 10.1. The summed E-state index contributed by atoms with van der Waals surface area (Å²) in [7, 11) is 0. The first kappa shape index (κ1) is 16.0. The zero-order chi connectivity index (χ0) is 16.2. The summed E-state index contributed by atoms with van der Waals surface area (Å²) in [6.07, 6.45) is 6.07. The molecule has 0 bridgehead atoms. The van der Waals surface area contributed by atoms with Crippen molar-refractivity contribution in [2.45, 2.75) is 39.2 Å². The van der Waals surface area contributed by atoms with E-state index in [4.69, 9.17) is 4.74 Å². The van der Waals surface area contributed by atoms with Crippen LogP contribution in [-0.4, -0.2) is 17.1 Å². The number of nitrogens with zero attached hydrogens (tertiary/aromatic N) is 2. The number of hydrogen-bond acceptors (Lipinski definition) is 3. The second-order valence-electron chi connectivity index (χ2n) is 5.78. The van der Waals surface area contributed by atoms with Gasteiger partial charge >= 0.3 is 0 Å². The fourth-order valence-electron chi connectivity index (χ4n) is 3.06. The van der Waals surface area contributed by atoms with Crippen LogP contribution in [0, 0.1) is 5.92 Å². The summed E-state index contributed by atoms with van der Waals surface area (Å²) >= 11 is 1.54. The molecule has 1 aliphatic carbocycles. The molecule has 0 N–H and O–H groups in total. The van der Waals surface area contributed by atoms with Crippen LogP contribution < -0.4 is 9.54 Å². The summed E-state index contributed by atoms with van der Waals surface area (Å²) in [5.41, 5.74) is 1.07. The molecule has 1 aromatic heterocycles. The summed E-state index contributed by atoms with van der Waals surface area (Å²) in [6.45, 7) is 7.07. The molecule has 1 saturated carbocycles. The van der Waals surface area contributed by atoms with E-state index in [9.17, 15) is 4.79 Å². The van der Waals surface area contributed by atoms with Crippen molar-refractivity contribution in [3.05, 3.63) is 35.7 Å². The summed E-state index contributed by atoms with van der Waals surface area (Å²) in [6, 6.07) is 6.00. The molecule has 0 aliphatic heterocycles. The number of thiazole rings is 1. The van der Waals surface area contributed by atoms with Crippen LogP contribution in [0.1, 0.15) is 32.6 Å². The fourth-order valence-corrected chi connectivity index (χ4v) is 4.13. The average Bonchev–Trinajstić information content (AvgIpc) is 3.17. The van der Waals surface area contributed by atoms with Gasteiger partial charge in [-0.2, -0.15) is 4.99 Å². The lowest BCUT2D eigenvalue weighted by Crippen LogP contribution is -2.19. The number of hydrogen-bond donors (Lipinski definition) is 0. The highest BCUT2D eigenvalue weighted by Gasteiger charge is 2.22. The minimum Gasteiger partial charge on any atom is -0.494 e. The van der Waals surface area contributed by atoms with Crippen molar-refractivity contribution in [2.75, 3.05) is 6.61 Å². The van der Waals surface area contributed by atoms with Crippen molar-refractivity contribution >= 4 is 27.5 Å². The highest BCUT2D eigenvalue weighted by atomic mass is 32.1.